The molecule has 0 amide bonds. The van der Waals surface area contributed by atoms with Crippen LogP contribution < -0.4 is 0 Å². The fraction of sp³-hybridized carbons (Fsp3) is 0.783. The first kappa shape index (κ1) is 47.0. The topological polar surface area (TPSA) is 83.8 Å². The molecule has 0 aromatic rings. The molecule has 0 spiro atoms. The van der Waals surface area contributed by atoms with Crippen molar-refractivity contribution >= 4 is 12.3 Å². The summed E-state index contributed by atoms with van der Waals surface area (Å²) in [5, 5.41) is 22.6. The molecule has 1 aliphatic rings. The number of aldehydes is 1. The molecule has 1 aliphatic carbocycles. The molecule has 0 aromatic carbocycles. The SMILES string of the molecule is CCCCCCCCCCCCCCCC(=O)OCCC[C@@H]1/C(=C(\C)C=O)CC[C@](C)(O)[C@@]1(C)CC/C=C(\C)C(O)C/C=C(\C)CCC=C(C)C. The maximum Gasteiger partial charge on any atom is 0.305 e. The highest BCUT2D eigenvalue weighted by Crippen LogP contribution is 2.55. The molecule has 0 heterocycles. The van der Waals surface area contributed by atoms with Gasteiger partial charge in [-0.2, -0.15) is 0 Å². The number of carbonyl (C=O) groups is 2. The number of aliphatic hydroxyl groups is 2. The van der Waals surface area contributed by atoms with Crippen LogP contribution in [-0.2, 0) is 14.3 Å². The zero-order valence-corrected chi connectivity index (χ0v) is 34.6. The van der Waals surface area contributed by atoms with E-state index in [1.165, 1.54) is 81.8 Å². The van der Waals surface area contributed by atoms with E-state index in [0.717, 1.165) is 68.0 Å². The normalized spacial score (nSPS) is 22.8. The van der Waals surface area contributed by atoms with Gasteiger partial charge in [-0.05, 0) is 123 Å². The molecule has 1 unspecified atom stereocenters. The molecule has 294 valence electrons. The van der Waals surface area contributed by atoms with E-state index in [0.29, 0.717) is 38.7 Å². The zero-order valence-electron chi connectivity index (χ0n) is 34.6. The number of rotatable bonds is 28. The maximum absolute atomic E-state index is 12.5. The molecule has 0 aliphatic heterocycles. The molecule has 2 N–H and O–H groups in total. The fourth-order valence-corrected chi connectivity index (χ4v) is 7.84. The number of hydrogen-bond donors (Lipinski definition) is 2. The van der Waals surface area contributed by atoms with Crippen LogP contribution in [0.15, 0.2) is 46.1 Å². The van der Waals surface area contributed by atoms with E-state index in [1.807, 2.05) is 20.8 Å². The van der Waals surface area contributed by atoms with Gasteiger partial charge < -0.3 is 14.9 Å². The summed E-state index contributed by atoms with van der Waals surface area (Å²) in [7, 11) is 0. The lowest BCUT2D eigenvalue weighted by atomic mass is 9.54. The Kier molecular flexibility index (Phi) is 24.7. The summed E-state index contributed by atoms with van der Waals surface area (Å²) in [5.74, 6) is -0.107. The molecule has 1 fully saturated rings. The van der Waals surface area contributed by atoms with E-state index in [1.54, 1.807) is 0 Å². The van der Waals surface area contributed by atoms with Gasteiger partial charge in [-0.25, -0.2) is 0 Å². The predicted molar refractivity (Wildman–Crippen MR) is 217 cm³/mol. The number of esters is 1. The lowest BCUT2D eigenvalue weighted by molar-refractivity contribution is -0.144. The van der Waals surface area contributed by atoms with E-state index in [4.69, 9.17) is 4.74 Å². The molecule has 1 rings (SSSR count). The highest BCUT2D eigenvalue weighted by atomic mass is 16.5. The number of carbonyl (C=O) groups excluding carboxylic acids is 2. The van der Waals surface area contributed by atoms with E-state index < -0.39 is 17.1 Å². The standard InChI is InChI=1S/C46H80O5/c1-9-10-11-12-13-14-15-16-17-18-19-20-21-29-44(49)51-35-24-28-42-41(40(6)36-47)32-34-46(8,50)45(42,7)33-23-27-39(5)43(48)31-30-38(4)26-22-25-37(2)3/h25,27,30,36,42-43,48,50H,9-24,26,28-29,31-35H2,1-8H3/b38-30+,39-27+,41-40+/t42-,43?,45+,46+/m1/s1. The minimum atomic E-state index is -0.902. The van der Waals surface area contributed by atoms with Crippen LogP contribution in [0.5, 0.6) is 0 Å². The summed E-state index contributed by atoms with van der Waals surface area (Å²) < 4.78 is 5.66. The second-order valence-corrected chi connectivity index (χ2v) is 16.5. The number of allylic oxidation sites excluding steroid dienone is 6. The third-order valence-electron chi connectivity index (χ3n) is 11.8. The molecular weight excluding hydrogens is 633 g/mol. The van der Waals surface area contributed by atoms with E-state index in [-0.39, 0.29) is 11.9 Å². The molecule has 0 aromatic heterocycles. The Labute approximate surface area is 314 Å². The van der Waals surface area contributed by atoms with Crippen LogP contribution in [0.3, 0.4) is 0 Å². The van der Waals surface area contributed by atoms with Crippen molar-refractivity contribution in [3.8, 4) is 0 Å². The van der Waals surface area contributed by atoms with Gasteiger partial charge in [0, 0.05) is 11.8 Å². The van der Waals surface area contributed by atoms with Crippen LogP contribution in [0.25, 0.3) is 0 Å². The monoisotopic (exact) mass is 713 g/mol. The molecule has 0 saturated heterocycles. The van der Waals surface area contributed by atoms with Crippen molar-refractivity contribution in [1.82, 2.24) is 0 Å². The van der Waals surface area contributed by atoms with Gasteiger partial charge in [-0.1, -0.05) is 126 Å². The first-order valence-corrected chi connectivity index (χ1v) is 21.0. The van der Waals surface area contributed by atoms with E-state index in [9.17, 15) is 19.8 Å². The summed E-state index contributed by atoms with van der Waals surface area (Å²) in [6.45, 7) is 17.0. The zero-order chi connectivity index (χ0) is 38.1. The molecule has 5 nitrogen and oxygen atoms in total. The summed E-state index contributed by atoms with van der Waals surface area (Å²) in [6, 6.07) is 0. The second kappa shape index (κ2) is 26.7. The van der Waals surface area contributed by atoms with Crippen molar-refractivity contribution in [2.24, 2.45) is 11.3 Å². The molecule has 0 radical (unpaired) electrons. The average molecular weight is 713 g/mol. The van der Waals surface area contributed by atoms with E-state index >= 15 is 0 Å². The Morgan fingerprint density at radius 3 is 1.98 bits per heavy atom. The highest BCUT2D eigenvalue weighted by molar-refractivity contribution is 5.74. The Balaban J connectivity index is 2.60. The van der Waals surface area contributed by atoms with Crippen LogP contribution in [0.1, 0.15) is 203 Å². The van der Waals surface area contributed by atoms with Crippen LogP contribution in [-0.4, -0.2) is 40.8 Å². The smallest absolute Gasteiger partial charge is 0.305 e. The maximum atomic E-state index is 12.5. The minimum Gasteiger partial charge on any atom is -0.466 e. The second-order valence-electron chi connectivity index (χ2n) is 16.5. The van der Waals surface area contributed by atoms with Gasteiger partial charge in [0.15, 0.2) is 0 Å². The summed E-state index contributed by atoms with van der Waals surface area (Å²) in [4.78, 5) is 24.5. The van der Waals surface area contributed by atoms with Crippen LogP contribution in [0, 0.1) is 11.3 Å². The first-order chi connectivity index (χ1) is 24.3. The number of ether oxygens (including phenoxy) is 1. The Morgan fingerprint density at radius 2 is 1.41 bits per heavy atom. The van der Waals surface area contributed by atoms with Gasteiger partial charge in [0.25, 0.3) is 0 Å². The Morgan fingerprint density at radius 1 is 0.824 bits per heavy atom. The van der Waals surface area contributed by atoms with Crippen molar-refractivity contribution in [1.29, 1.82) is 0 Å². The average Bonchev–Trinajstić information content (AvgIpc) is 3.08. The predicted octanol–water partition coefficient (Wildman–Crippen LogP) is 12.6. The Bertz CT molecular complexity index is 1100. The van der Waals surface area contributed by atoms with Crippen molar-refractivity contribution in [3.63, 3.8) is 0 Å². The van der Waals surface area contributed by atoms with Gasteiger partial charge in [0.2, 0.25) is 0 Å². The quantitative estimate of drug-likeness (QED) is 0.0277. The number of hydrogen-bond acceptors (Lipinski definition) is 5. The molecule has 51 heavy (non-hydrogen) atoms. The van der Waals surface area contributed by atoms with Crippen molar-refractivity contribution in [2.45, 2.75) is 215 Å². The Hall–Kier alpha value is -1.98. The molecular formula is C46H80O5. The number of unbranched alkanes of at least 4 members (excludes halogenated alkanes) is 12. The molecule has 0 bridgehead atoms. The molecule has 1 saturated carbocycles. The molecule has 5 heteroatoms. The van der Waals surface area contributed by atoms with Crippen LogP contribution in [0.2, 0.25) is 0 Å². The largest absolute Gasteiger partial charge is 0.466 e. The summed E-state index contributed by atoms with van der Waals surface area (Å²) in [6.07, 6.45) is 30.9. The first-order valence-electron chi connectivity index (χ1n) is 21.0. The van der Waals surface area contributed by atoms with Gasteiger partial charge in [0.05, 0.1) is 18.3 Å². The van der Waals surface area contributed by atoms with Crippen LogP contribution in [0.4, 0.5) is 0 Å². The van der Waals surface area contributed by atoms with Crippen molar-refractivity contribution in [3.05, 3.63) is 46.1 Å². The van der Waals surface area contributed by atoms with Crippen LogP contribution >= 0.6 is 0 Å². The fourth-order valence-electron chi connectivity index (χ4n) is 7.84. The van der Waals surface area contributed by atoms with Gasteiger partial charge in [0.1, 0.15) is 6.29 Å². The number of aliphatic hydroxyl groups excluding tert-OH is 1. The lowest BCUT2D eigenvalue weighted by Gasteiger charge is -2.53. The van der Waals surface area contributed by atoms with Crippen molar-refractivity contribution in [2.75, 3.05) is 6.61 Å². The minimum absolute atomic E-state index is 0.0104. The molecule has 4 atom stereocenters. The lowest BCUT2D eigenvalue weighted by Crippen LogP contribution is -2.52. The van der Waals surface area contributed by atoms with Gasteiger partial charge in [-0.3, -0.25) is 9.59 Å². The summed E-state index contributed by atoms with van der Waals surface area (Å²) >= 11 is 0. The summed E-state index contributed by atoms with van der Waals surface area (Å²) in [5.41, 5.74) is 4.10. The van der Waals surface area contributed by atoms with Crippen molar-refractivity contribution < 1.29 is 24.5 Å². The third-order valence-corrected chi connectivity index (χ3v) is 11.8. The van der Waals surface area contributed by atoms with E-state index in [2.05, 4.69) is 52.8 Å². The third kappa shape index (κ3) is 19.1. The highest BCUT2D eigenvalue weighted by Gasteiger charge is 2.52. The van der Waals surface area contributed by atoms with Gasteiger partial charge >= 0.3 is 5.97 Å². The van der Waals surface area contributed by atoms with Gasteiger partial charge in [-0.15, -0.1) is 0 Å².